The molecule has 0 radical (unpaired) electrons. The van der Waals surface area contributed by atoms with Gasteiger partial charge in [-0.3, -0.25) is 24.2 Å². The number of fused-ring (bicyclic) bond motifs is 1. The summed E-state index contributed by atoms with van der Waals surface area (Å²) in [6.07, 6.45) is -5.11. The average molecular weight is 554 g/mol. The Morgan fingerprint density at radius 2 is 1.79 bits per heavy atom. The number of carbonyl (C=O) groups is 4. The lowest BCUT2D eigenvalue weighted by atomic mass is 10.0. The van der Waals surface area contributed by atoms with E-state index in [2.05, 4.69) is 10.3 Å². The Bertz CT molecular complexity index is 1290. The summed E-state index contributed by atoms with van der Waals surface area (Å²) in [6.45, 7) is 4.53. The molecule has 0 spiro atoms. The van der Waals surface area contributed by atoms with Crippen molar-refractivity contribution >= 4 is 35.3 Å². The fourth-order valence-electron chi connectivity index (χ4n) is 4.09. The predicted octanol–water partition coefficient (Wildman–Crippen LogP) is 3.28. The van der Waals surface area contributed by atoms with Crippen molar-refractivity contribution in [3.8, 4) is 0 Å². The van der Waals surface area contributed by atoms with E-state index in [1.807, 2.05) is 5.32 Å². The molecule has 1 aliphatic heterocycles. The van der Waals surface area contributed by atoms with Crippen LogP contribution in [0.2, 0.25) is 0 Å². The van der Waals surface area contributed by atoms with Crippen LogP contribution in [-0.4, -0.2) is 64.0 Å². The maximum absolute atomic E-state index is 14.4. The lowest BCUT2D eigenvalue weighted by Crippen LogP contribution is -2.58. The van der Waals surface area contributed by atoms with Crippen LogP contribution in [0.4, 0.5) is 33.9 Å². The molecular weight excluding hydrogens is 526 g/mol. The first-order valence-electron chi connectivity index (χ1n) is 11.8. The Morgan fingerprint density at radius 1 is 1.13 bits per heavy atom. The third-order valence-corrected chi connectivity index (χ3v) is 6.42. The maximum atomic E-state index is 14.4. The molecule has 3 N–H and O–H groups in total. The van der Waals surface area contributed by atoms with Gasteiger partial charge in [-0.2, -0.15) is 13.2 Å². The van der Waals surface area contributed by atoms with Crippen LogP contribution in [0.3, 0.4) is 0 Å². The molecule has 210 valence electrons. The number of amides is 4. The lowest BCUT2D eigenvalue weighted by Gasteiger charge is -2.32. The highest BCUT2D eigenvalue weighted by atomic mass is 19.4. The second-order valence-electron chi connectivity index (χ2n) is 9.36. The van der Waals surface area contributed by atoms with Crippen molar-refractivity contribution in [2.24, 2.45) is 5.92 Å². The van der Waals surface area contributed by atoms with E-state index in [0.29, 0.717) is 11.6 Å². The van der Waals surface area contributed by atoms with E-state index in [9.17, 15) is 36.7 Å². The van der Waals surface area contributed by atoms with Gasteiger partial charge in [-0.25, -0.2) is 14.2 Å². The van der Waals surface area contributed by atoms with Crippen LogP contribution >= 0.6 is 0 Å². The summed E-state index contributed by atoms with van der Waals surface area (Å²) < 4.78 is 54.9. The zero-order valence-corrected chi connectivity index (χ0v) is 21.4. The maximum Gasteiger partial charge on any atom is 0.418 e. The zero-order chi connectivity index (χ0) is 29.2. The Balaban J connectivity index is 1.96. The van der Waals surface area contributed by atoms with Gasteiger partial charge in [0.25, 0.3) is 5.91 Å². The van der Waals surface area contributed by atoms with Gasteiger partial charge in [0.05, 0.1) is 11.3 Å². The molecule has 14 heteroatoms. The SMILES string of the molecule is CC(C)[C@H](NC(=O)[C@H](C)N(C)C(=O)O)C(=O)N1c2ncccc2C[C@H]1C(=O)Nc1c(F)cccc1C(F)(F)F. The van der Waals surface area contributed by atoms with Crippen LogP contribution < -0.4 is 15.5 Å². The van der Waals surface area contributed by atoms with Crippen molar-refractivity contribution < 1.29 is 41.8 Å². The first kappa shape index (κ1) is 29.3. The van der Waals surface area contributed by atoms with Gasteiger partial charge in [0.1, 0.15) is 29.8 Å². The fraction of sp³-hybridized carbons (Fsp3) is 0.400. The number of benzene rings is 1. The van der Waals surface area contributed by atoms with E-state index < -0.39 is 71.1 Å². The third-order valence-electron chi connectivity index (χ3n) is 6.42. The van der Waals surface area contributed by atoms with E-state index in [-0.39, 0.29) is 12.2 Å². The number of rotatable bonds is 7. The van der Waals surface area contributed by atoms with E-state index >= 15 is 0 Å². The summed E-state index contributed by atoms with van der Waals surface area (Å²) in [5, 5.41) is 13.7. The molecule has 2 heterocycles. The number of carboxylic acid groups (broad SMARTS) is 1. The molecule has 1 aromatic heterocycles. The van der Waals surface area contributed by atoms with Crippen LogP contribution in [0, 0.1) is 11.7 Å². The van der Waals surface area contributed by atoms with Gasteiger partial charge < -0.3 is 15.7 Å². The number of carbonyl (C=O) groups excluding carboxylic acids is 3. The molecular formula is C25H27F4N5O5. The molecule has 0 bridgehead atoms. The Kier molecular flexibility index (Phi) is 8.46. The third kappa shape index (κ3) is 6.10. The van der Waals surface area contributed by atoms with Crippen molar-refractivity contribution in [3.05, 3.63) is 53.5 Å². The largest absolute Gasteiger partial charge is 0.465 e. The number of halogens is 4. The van der Waals surface area contributed by atoms with Gasteiger partial charge in [0.2, 0.25) is 11.8 Å². The minimum absolute atomic E-state index is 0.0582. The van der Waals surface area contributed by atoms with Gasteiger partial charge in [-0.05, 0) is 36.6 Å². The van der Waals surface area contributed by atoms with Gasteiger partial charge in [0.15, 0.2) is 0 Å². The molecule has 3 atom stereocenters. The van der Waals surface area contributed by atoms with E-state index in [0.717, 1.165) is 21.9 Å². The molecule has 10 nitrogen and oxygen atoms in total. The summed E-state index contributed by atoms with van der Waals surface area (Å²) >= 11 is 0. The van der Waals surface area contributed by atoms with Gasteiger partial charge in [-0.1, -0.05) is 26.0 Å². The summed E-state index contributed by atoms with van der Waals surface area (Å²) in [5.41, 5.74) is -2.04. The summed E-state index contributed by atoms with van der Waals surface area (Å²) in [5.74, 6) is -4.48. The Labute approximate surface area is 221 Å². The fourth-order valence-corrected chi connectivity index (χ4v) is 4.09. The second kappa shape index (κ2) is 11.3. The predicted molar refractivity (Wildman–Crippen MR) is 131 cm³/mol. The number of anilines is 2. The van der Waals surface area contributed by atoms with Crippen LogP contribution in [0.25, 0.3) is 0 Å². The number of aromatic nitrogens is 1. The molecule has 1 aromatic carbocycles. The van der Waals surface area contributed by atoms with E-state index in [4.69, 9.17) is 5.11 Å². The molecule has 0 saturated carbocycles. The van der Waals surface area contributed by atoms with Crippen molar-refractivity contribution in [2.45, 2.75) is 51.5 Å². The standard InChI is InChI=1S/C25H27F4N5O5/c1-12(2)18(31-21(35)13(3)33(4)24(38)39)23(37)34-17(11-14-7-6-10-30-20(14)34)22(36)32-19-15(25(27,28)29)8-5-9-16(19)26/h5-10,12-13,17-18H,11H2,1-4H3,(H,31,35)(H,32,36)(H,38,39)/t13-,17-,18-/m0/s1. The monoisotopic (exact) mass is 553 g/mol. The summed E-state index contributed by atoms with van der Waals surface area (Å²) in [6, 6.07) is 1.52. The zero-order valence-electron chi connectivity index (χ0n) is 21.4. The quantitative estimate of drug-likeness (QED) is 0.451. The van der Waals surface area contributed by atoms with E-state index in [1.54, 1.807) is 26.0 Å². The molecule has 1 aliphatic rings. The lowest BCUT2D eigenvalue weighted by molar-refractivity contribution is -0.137. The first-order valence-corrected chi connectivity index (χ1v) is 11.8. The van der Waals surface area contributed by atoms with Crippen molar-refractivity contribution in [1.29, 1.82) is 0 Å². The number of para-hydroxylation sites is 1. The number of nitrogens with one attached hydrogen (secondary N) is 2. The first-order chi connectivity index (χ1) is 18.1. The van der Waals surface area contributed by atoms with Crippen LogP contribution in [0.15, 0.2) is 36.5 Å². The Morgan fingerprint density at radius 3 is 2.38 bits per heavy atom. The average Bonchev–Trinajstić information content (AvgIpc) is 3.25. The second-order valence-corrected chi connectivity index (χ2v) is 9.36. The minimum Gasteiger partial charge on any atom is -0.465 e. The van der Waals surface area contributed by atoms with Crippen molar-refractivity contribution in [1.82, 2.24) is 15.2 Å². The molecule has 3 rings (SSSR count). The van der Waals surface area contributed by atoms with Gasteiger partial charge in [-0.15, -0.1) is 0 Å². The summed E-state index contributed by atoms with van der Waals surface area (Å²) in [4.78, 5) is 56.9. The van der Waals surface area contributed by atoms with Gasteiger partial charge >= 0.3 is 12.3 Å². The molecule has 39 heavy (non-hydrogen) atoms. The molecule has 0 fully saturated rings. The highest BCUT2D eigenvalue weighted by molar-refractivity contribution is 6.09. The number of hydrogen-bond donors (Lipinski definition) is 3. The van der Waals surface area contributed by atoms with Crippen molar-refractivity contribution in [2.75, 3.05) is 17.3 Å². The van der Waals surface area contributed by atoms with E-state index in [1.165, 1.54) is 20.2 Å². The van der Waals surface area contributed by atoms with Crippen LogP contribution in [0.1, 0.15) is 31.9 Å². The van der Waals surface area contributed by atoms with Crippen molar-refractivity contribution in [3.63, 3.8) is 0 Å². The molecule has 0 saturated heterocycles. The normalized spacial score (nSPS) is 16.3. The minimum atomic E-state index is -4.97. The topological polar surface area (TPSA) is 132 Å². The highest BCUT2D eigenvalue weighted by Crippen LogP contribution is 2.37. The van der Waals surface area contributed by atoms with Crippen LogP contribution in [-0.2, 0) is 27.0 Å². The molecule has 0 aliphatic carbocycles. The number of nitrogens with zero attached hydrogens (tertiary/aromatic N) is 3. The number of alkyl halides is 3. The van der Waals surface area contributed by atoms with Crippen LogP contribution in [0.5, 0.6) is 0 Å². The number of likely N-dealkylation sites (N-methyl/N-ethyl adjacent to an activating group) is 1. The van der Waals surface area contributed by atoms with Gasteiger partial charge in [0, 0.05) is 19.7 Å². The smallest absolute Gasteiger partial charge is 0.418 e. The Hall–Kier alpha value is -4.23. The summed E-state index contributed by atoms with van der Waals surface area (Å²) in [7, 11) is 1.18. The molecule has 2 aromatic rings. The molecule has 0 unspecified atom stereocenters. The molecule has 4 amide bonds. The highest BCUT2D eigenvalue weighted by Gasteiger charge is 2.44. The number of pyridine rings is 1. The number of hydrogen-bond acceptors (Lipinski definition) is 5.